The van der Waals surface area contributed by atoms with Gasteiger partial charge in [0, 0.05) is 13.7 Å². The molecule has 0 aliphatic heterocycles. The number of methoxy groups -OCH3 is 1. The Hall–Kier alpha value is -0.590. The van der Waals surface area contributed by atoms with Crippen molar-refractivity contribution in [2.45, 2.75) is 57.9 Å². The van der Waals surface area contributed by atoms with Gasteiger partial charge in [-0.1, -0.05) is 39.0 Å². The molecule has 94 valence electrons. The Kier molecular flexibility index (Phi) is 9.27. The first-order valence-corrected chi connectivity index (χ1v) is 6.33. The normalized spacial score (nSPS) is 14.4. The second-order valence-corrected chi connectivity index (χ2v) is 4.53. The highest BCUT2D eigenvalue weighted by Gasteiger charge is 2.21. The van der Waals surface area contributed by atoms with Crippen LogP contribution < -0.4 is 5.32 Å². The van der Waals surface area contributed by atoms with E-state index in [0.29, 0.717) is 6.61 Å². The van der Waals surface area contributed by atoms with E-state index in [4.69, 9.17) is 10.00 Å². The summed E-state index contributed by atoms with van der Waals surface area (Å²) in [6.45, 7) is 5.59. The predicted molar refractivity (Wildman–Crippen MR) is 67.3 cm³/mol. The van der Waals surface area contributed by atoms with Crippen LogP contribution in [0.4, 0.5) is 0 Å². The molecule has 0 aromatic rings. The predicted octanol–water partition coefficient (Wildman–Crippen LogP) is 2.87. The number of hydrogen-bond acceptors (Lipinski definition) is 3. The fourth-order valence-corrected chi connectivity index (χ4v) is 1.69. The van der Waals surface area contributed by atoms with Crippen molar-refractivity contribution in [1.82, 2.24) is 5.32 Å². The van der Waals surface area contributed by atoms with Crippen molar-refractivity contribution in [1.29, 1.82) is 5.26 Å². The Balaban J connectivity index is 3.67. The fraction of sp³-hybridized carbons (Fsp3) is 0.923. The second-order valence-electron chi connectivity index (χ2n) is 4.53. The Morgan fingerprint density at radius 3 is 2.50 bits per heavy atom. The first kappa shape index (κ1) is 15.4. The standard InChI is InChI=1S/C13H26N2O/c1-4-5-6-7-8-9-13(2,12-14)15-10-11-16-3/h15H,4-11H2,1-3H3. The Labute approximate surface area is 100 Å². The van der Waals surface area contributed by atoms with Gasteiger partial charge in [-0.05, 0) is 13.3 Å². The van der Waals surface area contributed by atoms with Gasteiger partial charge >= 0.3 is 0 Å². The van der Waals surface area contributed by atoms with Crippen molar-refractivity contribution in [2.75, 3.05) is 20.3 Å². The van der Waals surface area contributed by atoms with Gasteiger partial charge in [-0.2, -0.15) is 5.26 Å². The topological polar surface area (TPSA) is 45.0 Å². The van der Waals surface area contributed by atoms with Crippen LogP contribution in [0.2, 0.25) is 0 Å². The van der Waals surface area contributed by atoms with Crippen molar-refractivity contribution in [3.8, 4) is 6.07 Å². The van der Waals surface area contributed by atoms with Crippen molar-refractivity contribution >= 4 is 0 Å². The van der Waals surface area contributed by atoms with Crippen molar-refractivity contribution in [3.05, 3.63) is 0 Å². The number of ether oxygens (including phenoxy) is 1. The summed E-state index contributed by atoms with van der Waals surface area (Å²) in [6.07, 6.45) is 7.15. The van der Waals surface area contributed by atoms with Crippen LogP contribution in [0, 0.1) is 11.3 Å². The molecule has 0 aromatic heterocycles. The maximum absolute atomic E-state index is 9.13. The van der Waals surface area contributed by atoms with Gasteiger partial charge in [0.1, 0.15) is 5.54 Å². The lowest BCUT2D eigenvalue weighted by Crippen LogP contribution is -2.42. The number of hydrogen-bond donors (Lipinski definition) is 1. The van der Waals surface area contributed by atoms with Gasteiger partial charge in [0.15, 0.2) is 0 Å². The van der Waals surface area contributed by atoms with Crippen LogP contribution in [0.1, 0.15) is 52.4 Å². The summed E-state index contributed by atoms with van der Waals surface area (Å²) in [5, 5.41) is 12.4. The molecule has 0 bridgehead atoms. The van der Waals surface area contributed by atoms with Gasteiger partial charge in [-0.25, -0.2) is 0 Å². The Morgan fingerprint density at radius 2 is 1.94 bits per heavy atom. The van der Waals surface area contributed by atoms with E-state index in [-0.39, 0.29) is 5.54 Å². The summed E-state index contributed by atoms with van der Waals surface area (Å²) in [4.78, 5) is 0. The third kappa shape index (κ3) is 7.67. The summed E-state index contributed by atoms with van der Waals surface area (Å²) < 4.78 is 4.97. The number of rotatable bonds is 10. The van der Waals surface area contributed by atoms with Gasteiger partial charge in [0.05, 0.1) is 12.7 Å². The molecule has 0 aromatic carbocycles. The van der Waals surface area contributed by atoms with Gasteiger partial charge in [-0.15, -0.1) is 0 Å². The van der Waals surface area contributed by atoms with Crippen LogP contribution in [-0.4, -0.2) is 25.8 Å². The lowest BCUT2D eigenvalue weighted by Gasteiger charge is -2.23. The zero-order valence-corrected chi connectivity index (χ0v) is 11.0. The third-order valence-electron chi connectivity index (χ3n) is 2.85. The molecule has 1 N–H and O–H groups in total. The molecular formula is C13H26N2O. The molecule has 16 heavy (non-hydrogen) atoms. The van der Waals surface area contributed by atoms with Crippen molar-refractivity contribution < 1.29 is 4.74 Å². The fourth-order valence-electron chi connectivity index (χ4n) is 1.69. The average molecular weight is 226 g/mol. The molecule has 0 aliphatic rings. The first-order valence-electron chi connectivity index (χ1n) is 6.33. The third-order valence-corrected chi connectivity index (χ3v) is 2.85. The molecule has 3 nitrogen and oxygen atoms in total. The molecule has 3 heteroatoms. The molecule has 0 saturated carbocycles. The van der Waals surface area contributed by atoms with E-state index in [0.717, 1.165) is 19.4 Å². The minimum Gasteiger partial charge on any atom is -0.383 e. The molecule has 0 radical (unpaired) electrons. The van der Waals surface area contributed by atoms with Gasteiger partial charge in [0.2, 0.25) is 0 Å². The van der Waals surface area contributed by atoms with E-state index in [1.54, 1.807) is 7.11 Å². The highest BCUT2D eigenvalue weighted by Crippen LogP contribution is 2.14. The molecule has 0 amide bonds. The highest BCUT2D eigenvalue weighted by molar-refractivity contribution is 5.03. The van der Waals surface area contributed by atoms with Crippen LogP contribution >= 0.6 is 0 Å². The van der Waals surface area contributed by atoms with E-state index in [1.807, 2.05) is 6.92 Å². The first-order chi connectivity index (χ1) is 7.68. The SMILES string of the molecule is CCCCCCCC(C)(C#N)NCCOC. The van der Waals surface area contributed by atoms with E-state index < -0.39 is 0 Å². The summed E-state index contributed by atoms with van der Waals surface area (Å²) in [7, 11) is 1.68. The van der Waals surface area contributed by atoms with Gasteiger partial charge < -0.3 is 4.74 Å². The van der Waals surface area contributed by atoms with E-state index in [2.05, 4.69) is 18.3 Å². The quantitative estimate of drug-likeness (QED) is 0.583. The molecule has 0 aliphatic carbocycles. The van der Waals surface area contributed by atoms with E-state index in [1.165, 1.54) is 25.7 Å². The zero-order chi connectivity index (χ0) is 12.3. The monoisotopic (exact) mass is 226 g/mol. The number of unbranched alkanes of at least 4 members (excludes halogenated alkanes) is 4. The van der Waals surface area contributed by atoms with Gasteiger partial charge in [0.25, 0.3) is 0 Å². The number of nitrogens with zero attached hydrogens (tertiary/aromatic N) is 1. The molecule has 0 fully saturated rings. The number of nitrogens with one attached hydrogen (secondary N) is 1. The molecule has 1 unspecified atom stereocenters. The van der Waals surface area contributed by atoms with E-state index in [9.17, 15) is 0 Å². The van der Waals surface area contributed by atoms with Crippen LogP contribution in [0.25, 0.3) is 0 Å². The minimum atomic E-state index is -0.384. The average Bonchev–Trinajstić information content (AvgIpc) is 2.29. The molecule has 1 atom stereocenters. The second kappa shape index (κ2) is 9.62. The zero-order valence-electron chi connectivity index (χ0n) is 11.0. The number of nitriles is 1. The minimum absolute atomic E-state index is 0.384. The molecular weight excluding hydrogens is 200 g/mol. The largest absolute Gasteiger partial charge is 0.383 e. The van der Waals surface area contributed by atoms with Crippen molar-refractivity contribution in [3.63, 3.8) is 0 Å². The Morgan fingerprint density at radius 1 is 1.25 bits per heavy atom. The summed E-state index contributed by atoms with van der Waals surface area (Å²) in [6, 6.07) is 2.36. The lowest BCUT2D eigenvalue weighted by atomic mass is 9.95. The summed E-state index contributed by atoms with van der Waals surface area (Å²) >= 11 is 0. The van der Waals surface area contributed by atoms with E-state index >= 15 is 0 Å². The highest BCUT2D eigenvalue weighted by atomic mass is 16.5. The molecule has 0 heterocycles. The smallest absolute Gasteiger partial charge is 0.104 e. The maximum atomic E-state index is 9.13. The molecule has 0 rings (SSSR count). The molecule has 0 saturated heterocycles. The molecule has 0 spiro atoms. The van der Waals surface area contributed by atoms with Crippen LogP contribution in [-0.2, 0) is 4.74 Å². The lowest BCUT2D eigenvalue weighted by molar-refractivity contribution is 0.190. The van der Waals surface area contributed by atoms with Crippen molar-refractivity contribution in [2.24, 2.45) is 0 Å². The summed E-state index contributed by atoms with van der Waals surface area (Å²) in [5.74, 6) is 0. The van der Waals surface area contributed by atoms with Crippen LogP contribution in [0.15, 0.2) is 0 Å². The van der Waals surface area contributed by atoms with Gasteiger partial charge in [-0.3, -0.25) is 5.32 Å². The van der Waals surface area contributed by atoms with Crippen LogP contribution in [0.5, 0.6) is 0 Å². The Bertz CT molecular complexity index is 201. The summed E-state index contributed by atoms with van der Waals surface area (Å²) in [5.41, 5.74) is -0.384. The van der Waals surface area contributed by atoms with Crippen LogP contribution in [0.3, 0.4) is 0 Å². The maximum Gasteiger partial charge on any atom is 0.104 e.